The van der Waals surface area contributed by atoms with Gasteiger partial charge in [-0.1, -0.05) is 11.6 Å². The third-order valence-electron chi connectivity index (χ3n) is 1.34. The Morgan fingerprint density at radius 1 is 1.45 bits per heavy atom. The molecule has 0 radical (unpaired) electrons. The third kappa shape index (κ3) is 1.20. The van der Waals surface area contributed by atoms with Crippen molar-refractivity contribution in [3.63, 3.8) is 0 Å². The van der Waals surface area contributed by atoms with Crippen molar-refractivity contribution in [2.75, 3.05) is 0 Å². The summed E-state index contributed by atoms with van der Waals surface area (Å²) in [5.74, 6) is 0. The zero-order chi connectivity index (χ0) is 7.84. The number of fused-ring (bicyclic) bond motifs is 1. The van der Waals surface area contributed by atoms with Crippen LogP contribution in [0.15, 0.2) is 12.4 Å². The van der Waals surface area contributed by atoms with E-state index in [-0.39, 0.29) is 0 Å². The molecule has 0 saturated carbocycles. The molecular weight excluding hydrogens is 276 g/mol. The molecule has 3 nitrogen and oxygen atoms in total. The first kappa shape index (κ1) is 7.30. The highest BCUT2D eigenvalue weighted by Crippen LogP contribution is 2.20. The molecule has 0 aliphatic carbocycles. The first-order valence-corrected chi connectivity index (χ1v) is 4.38. The fourth-order valence-corrected chi connectivity index (χ4v) is 1.63. The summed E-state index contributed by atoms with van der Waals surface area (Å²) in [5.41, 5.74) is 0.786. The second kappa shape index (κ2) is 2.60. The topological polar surface area (TPSA) is 41.6 Å². The van der Waals surface area contributed by atoms with E-state index in [0.717, 1.165) is 14.7 Å². The molecule has 0 spiro atoms. The molecule has 2 aromatic rings. The van der Waals surface area contributed by atoms with Crippen LogP contribution in [0.5, 0.6) is 0 Å². The highest BCUT2D eigenvalue weighted by atomic mass is 127. The van der Waals surface area contributed by atoms with Crippen LogP contribution in [0.1, 0.15) is 0 Å². The van der Waals surface area contributed by atoms with Gasteiger partial charge in [0.1, 0.15) is 17.1 Å². The standard InChI is InChI=1S/C6H3ClIN3/c7-5-3-1-4(8)11-6(3)10-2-9-5/h1-2H,(H,9,10,11). The van der Waals surface area contributed by atoms with Gasteiger partial charge in [0, 0.05) is 0 Å². The number of aromatic nitrogens is 3. The number of nitrogens with zero attached hydrogens (tertiary/aromatic N) is 2. The summed E-state index contributed by atoms with van der Waals surface area (Å²) in [5, 5.41) is 1.37. The van der Waals surface area contributed by atoms with Gasteiger partial charge in [0.15, 0.2) is 0 Å². The lowest BCUT2D eigenvalue weighted by molar-refractivity contribution is 1.20. The van der Waals surface area contributed by atoms with Gasteiger partial charge in [-0.05, 0) is 28.7 Å². The summed E-state index contributed by atoms with van der Waals surface area (Å²) in [4.78, 5) is 10.9. The molecule has 0 aromatic carbocycles. The Labute approximate surface area is 81.3 Å². The number of halogens is 2. The number of H-pyrrole nitrogens is 1. The first-order chi connectivity index (χ1) is 5.27. The minimum atomic E-state index is 0.495. The van der Waals surface area contributed by atoms with Gasteiger partial charge in [-0.25, -0.2) is 9.97 Å². The SMILES string of the molecule is Clc1ncnc2[nH]c(I)cc12. The van der Waals surface area contributed by atoms with Gasteiger partial charge in [0.2, 0.25) is 0 Å². The van der Waals surface area contributed by atoms with E-state index in [1.807, 2.05) is 6.07 Å². The molecule has 2 heterocycles. The predicted octanol–water partition coefficient (Wildman–Crippen LogP) is 2.22. The van der Waals surface area contributed by atoms with Crippen molar-refractivity contribution in [2.45, 2.75) is 0 Å². The van der Waals surface area contributed by atoms with Gasteiger partial charge in [0.25, 0.3) is 0 Å². The van der Waals surface area contributed by atoms with Crippen LogP contribution < -0.4 is 0 Å². The molecule has 2 aromatic heterocycles. The van der Waals surface area contributed by atoms with E-state index in [1.165, 1.54) is 6.33 Å². The lowest BCUT2D eigenvalue weighted by Gasteiger charge is -1.88. The van der Waals surface area contributed by atoms with E-state index < -0.39 is 0 Å². The van der Waals surface area contributed by atoms with E-state index in [4.69, 9.17) is 11.6 Å². The monoisotopic (exact) mass is 279 g/mol. The van der Waals surface area contributed by atoms with Crippen molar-refractivity contribution in [3.8, 4) is 0 Å². The average molecular weight is 279 g/mol. The second-order valence-electron chi connectivity index (χ2n) is 2.04. The summed E-state index contributed by atoms with van der Waals surface area (Å²) in [6, 6.07) is 1.91. The Morgan fingerprint density at radius 3 is 3.00 bits per heavy atom. The molecule has 0 aliphatic rings. The highest BCUT2D eigenvalue weighted by molar-refractivity contribution is 14.1. The summed E-state index contributed by atoms with van der Waals surface area (Å²) in [6.45, 7) is 0. The molecule has 0 bridgehead atoms. The molecule has 11 heavy (non-hydrogen) atoms. The van der Waals surface area contributed by atoms with Gasteiger partial charge in [0.05, 0.1) is 9.09 Å². The van der Waals surface area contributed by atoms with Gasteiger partial charge >= 0.3 is 0 Å². The number of rotatable bonds is 0. The van der Waals surface area contributed by atoms with Crippen molar-refractivity contribution < 1.29 is 0 Å². The zero-order valence-electron chi connectivity index (χ0n) is 5.31. The van der Waals surface area contributed by atoms with Crippen molar-refractivity contribution >= 4 is 45.2 Å². The van der Waals surface area contributed by atoms with Gasteiger partial charge in [-0.2, -0.15) is 0 Å². The van der Waals surface area contributed by atoms with E-state index in [1.54, 1.807) is 0 Å². The molecule has 2 rings (SSSR count). The zero-order valence-corrected chi connectivity index (χ0v) is 8.22. The van der Waals surface area contributed by atoms with E-state index >= 15 is 0 Å². The maximum atomic E-state index is 5.80. The minimum absolute atomic E-state index is 0.495. The van der Waals surface area contributed by atoms with Crippen LogP contribution >= 0.6 is 34.2 Å². The van der Waals surface area contributed by atoms with Crippen LogP contribution in [0.4, 0.5) is 0 Å². The van der Waals surface area contributed by atoms with Gasteiger partial charge < -0.3 is 4.98 Å². The Bertz CT molecular complexity index is 398. The fraction of sp³-hybridized carbons (Fsp3) is 0. The van der Waals surface area contributed by atoms with Crippen LogP contribution in [-0.4, -0.2) is 15.0 Å². The molecule has 56 valence electrons. The van der Waals surface area contributed by atoms with E-state index in [9.17, 15) is 0 Å². The summed E-state index contributed by atoms with van der Waals surface area (Å²) in [6.07, 6.45) is 1.44. The molecular formula is C6H3ClIN3. The molecule has 5 heteroatoms. The number of nitrogens with one attached hydrogen (secondary N) is 1. The Kier molecular flexibility index (Phi) is 1.72. The Balaban J connectivity index is 2.90. The van der Waals surface area contributed by atoms with Crippen molar-refractivity contribution in [3.05, 3.63) is 21.2 Å². The van der Waals surface area contributed by atoms with Crippen molar-refractivity contribution in [1.82, 2.24) is 15.0 Å². The summed E-state index contributed by atoms with van der Waals surface area (Å²) in [7, 11) is 0. The molecule has 0 aliphatic heterocycles. The molecule has 1 N–H and O–H groups in total. The Morgan fingerprint density at radius 2 is 2.27 bits per heavy atom. The van der Waals surface area contributed by atoms with Crippen LogP contribution in [0.25, 0.3) is 11.0 Å². The van der Waals surface area contributed by atoms with Gasteiger partial charge in [-0.15, -0.1) is 0 Å². The van der Waals surface area contributed by atoms with Crippen LogP contribution in [0, 0.1) is 3.70 Å². The fourth-order valence-electron chi connectivity index (χ4n) is 0.878. The van der Waals surface area contributed by atoms with E-state index in [2.05, 4.69) is 37.5 Å². The molecule has 0 unspecified atom stereocenters. The number of hydrogen-bond donors (Lipinski definition) is 1. The highest BCUT2D eigenvalue weighted by Gasteiger charge is 2.02. The van der Waals surface area contributed by atoms with Crippen LogP contribution in [0.2, 0.25) is 5.15 Å². The van der Waals surface area contributed by atoms with E-state index in [0.29, 0.717) is 5.15 Å². The van der Waals surface area contributed by atoms with Crippen molar-refractivity contribution in [2.24, 2.45) is 0 Å². The van der Waals surface area contributed by atoms with Crippen molar-refractivity contribution in [1.29, 1.82) is 0 Å². The van der Waals surface area contributed by atoms with Gasteiger partial charge in [-0.3, -0.25) is 0 Å². The van der Waals surface area contributed by atoms with Crippen LogP contribution in [0.3, 0.4) is 0 Å². The lowest BCUT2D eigenvalue weighted by atomic mass is 10.4. The normalized spacial score (nSPS) is 10.7. The molecule has 0 fully saturated rings. The lowest BCUT2D eigenvalue weighted by Crippen LogP contribution is -1.79. The second-order valence-corrected chi connectivity index (χ2v) is 3.56. The van der Waals surface area contributed by atoms with Crippen LogP contribution in [-0.2, 0) is 0 Å². The maximum absolute atomic E-state index is 5.80. The molecule has 0 saturated heterocycles. The number of hydrogen-bond acceptors (Lipinski definition) is 2. The summed E-state index contributed by atoms with van der Waals surface area (Å²) < 4.78 is 1.01. The minimum Gasteiger partial charge on any atom is -0.335 e. The smallest absolute Gasteiger partial charge is 0.143 e. The predicted molar refractivity (Wildman–Crippen MR) is 51.6 cm³/mol. The Hall–Kier alpha value is -0.360. The molecule has 0 amide bonds. The third-order valence-corrected chi connectivity index (χ3v) is 2.23. The first-order valence-electron chi connectivity index (χ1n) is 2.92. The average Bonchev–Trinajstić information content (AvgIpc) is 2.31. The maximum Gasteiger partial charge on any atom is 0.143 e. The largest absolute Gasteiger partial charge is 0.335 e. The number of aromatic amines is 1. The quantitative estimate of drug-likeness (QED) is 0.593. The molecule has 0 atom stereocenters. The summed E-state index contributed by atoms with van der Waals surface area (Å²) >= 11 is 7.96.